The highest BCUT2D eigenvalue weighted by atomic mass is 31.2. The molecule has 2 unspecified atom stereocenters. The molecule has 0 radical (unpaired) electrons. The number of rotatable bonds is 8. The summed E-state index contributed by atoms with van der Waals surface area (Å²) in [6.45, 7) is -0.386. The molecule has 5 rings (SSSR count). The first-order valence-electron chi connectivity index (χ1n) is 11.8. The lowest BCUT2D eigenvalue weighted by atomic mass is 10.2. The highest BCUT2D eigenvalue weighted by Crippen LogP contribution is 2.39. The Kier molecular flexibility index (Phi) is 9.31. The van der Waals surface area contributed by atoms with Crippen molar-refractivity contribution in [1.82, 2.24) is 29.1 Å². The molecule has 19 nitrogen and oxygen atoms in total. The Morgan fingerprint density at radius 1 is 0.900 bits per heavy atom. The topological polar surface area (TPSA) is 283 Å². The van der Waals surface area contributed by atoms with Crippen molar-refractivity contribution in [3.8, 4) is 0 Å². The zero-order valence-corrected chi connectivity index (χ0v) is 22.5. The Bertz CT molecular complexity index is 1470. The summed E-state index contributed by atoms with van der Waals surface area (Å²) in [7, 11) is -8.98. The van der Waals surface area contributed by atoms with E-state index in [1.807, 2.05) is 0 Å². The van der Waals surface area contributed by atoms with Gasteiger partial charge in [-0.05, 0) is 31.7 Å². The fourth-order valence-corrected chi connectivity index (χ4v) is 4.84. The Hall–Kier alpha value is -2.83. The molecule has 3 aromatic heterocycles. The molecule has 0 spiro atoms. The molecular formula is C19H28N8O11P2. The molecule has 4 atom stereocenters. The smallest absolute Gasteiger partial charge is 0.383 e. The zero-order valence-electron chi connectivity index (χ0n) is 20.7. The monoisotopic (exact) mass is 606 g/mol. The lowest BCUT2D eigenvalue weighted by Crippen LogP contribution is -2.27. The van der Waals surface area contributed by atoms with Crippen LogP contribution in [0.3, 0.4) is 0 Å². The molecule has 3 aromatic rings. The van der Waals surface area contributed by atoms with Crippen molar-refractivity contribution in [2.45, 2.75) is 50.3 Å². The van der Waals surface area contributed by atoms with Crippen molar-refractivity contribution in [2.24, 2.45) is 0 Å². The molecule has 2 aliphatic heterocycles. The zero-order chi connectivity index (χ0) is 29.1. The molecular weight excluding hydrogens is 578 g/mol. The number of imidazole rings is 1. The second-order valence-electron chi connectivity index (χ2n) is 8.78. The number of nitrogens with zero attached hydrogens (tertiary/aromatic N) is 6. The van der Waals surface area contributed by atoms with Crippen LogP contribution in [0.25, 0.3) is 11.2 Å². The minimum absolute atomic E-state index is 0.126. The molecule has 0 aliphatic carbocycles. The van der Waals surface area contributed by atoms with Crippen LogP contribution in [0.15, 0.2) is 29.7 Å². The van der Waals surface area contributed by atoms with Crippen molar-refractivity contribution in [3.63, 3.8) is 0 Å². The maximum absolute atomic E-state index is 11.6. The third kappa shape index (κ3) is 8.11. The van der Waals surface area contributed by atoms with Crippen LogP contribution in [0.2, 0.25) is 0 Å². The average molecular weight is 606 g/mol. The van der Waals surface area contributed by atoms with Crippen LogP contribution >= 0.6 is 15.6 Å². The summed E-state index contributed by atoms with van der Waals surface area (Å²) in [5.41, 5.74) is 11.6. The fourth-order valence-electron chi connectivity index (χ4n) is 4.11. The van der Waals surface area contributed by atoms with Crippen LogP contribution in [-0.2, 0) is 27.7 Å². The predicted molar refractivity (Wildman–Crippen MR) is 135 cm³/mol. The third-order valence-electron chi connectivity index (χ3n) is 5.89. The maximum Gasteiger partial charge on any atom is 0.469 e. The number of hydrogen-bond donors (Lipinski definition) is 6. The van der Waals surface area contributed by atoms with E-state index in [9.17, 15) is 13.9 Å². The van der Waals surface area contributed by atoms with Crippen molar-refractivity contribution in [2.75, 3.05) is 24.7 Å². The Morgan fingerprint density at radius 2 is 1.48 bits per heavy atom. The average Bonchev–Trinajstić information content (AvgIpc) is 3.61. The van der Waals surface area contributed by atoms with E-state index in [1.165, 1.54) is 23.2 Å². The normalized spacial score (nSPS) is 23.3. The first-order valence-corrected chi connectivity index (χ1v) is 14.8. The molecule has 2 saturated heterocycles. The number of nitrogens with two attached hydrogens (primary N) is 2. The summed E-state index contributed by atoms with van der Waals surface area (Å²) >= 11 is 0. The van der Waals surface area contributed by atoms with Gasteiger partial charge in [-0.1, -0.05) is 0 Å². The molecule has 2 fully saturated rings. The summed E-state index contributed by atoms with van der Waals surface area (Å²) in [5, 5.41) is 0. The van der Waals surface area contributed by atoms with Crippen LogP contribution in [0.5, 0.6) is 0 Å². The van der Waals surface area contributed by atoms with Gasteiger partial charge in [0.25, 0.3) is 0 Å². The fraction of sp³-hybridized carbons (Fsp3) is 0.526. The van der Waals surface area contributed by atoms with Gasteiger partial charge in [-0.25, -0.2) is 28.9 Å². The first kappa shape index (κ1) is 30.1. The van der Waals surface area contributed by atoms with Gasteiger partial charge in [-0.2, -0.15) is 4.98 Å². The minimum atomic E-state index is -4.50. The standard InChI is InChI=1S/C10H14N5O5P.C9H14N3O6P/c11-9-8-10(13-4-12-9)15(5-14-8)7-2-1-6(20-7)3-19-21(16,17)18;10-7-3-4-12(9(13)11-7)8-2-1-6(18-8)5-17-19(14,15)16/h4-7H,1-3H2,(H2,11,12,13)(H2,16,17,18);3-4,6,8H,1-2,5H2,(H2,10,11,13)(H2,14,15,16)/t6-,7+;/m0./s1. The number of phosphoric acid groups is 2. The first-order chi connectivity index (χ1) is 18.8. The second kappa shape index (κ2) is 12.4. The lowest BCUT2D eigenvalue weighted by Gasteiger charge is -2.15. The molecule has 0 amide bonds. The Balaban J connectivity index is 0.000000186. The molecule has 0 aromatic carbocycles. The van der Waals surface area contributed by atoms with Gasteiger partial charge in [0.2, 0.25) is 0 Å². The van der Waals surface area contributed by atoms with Crippen LogP contribution < -0.4 is 17.2 Å². The van der Waals surface area contributed by atoms with E-state index in [-0.39, 0.29) is 37.2 Å². The highest BCUT2D eigenvalue weighted by Gasteiger charge is 2.31. The Morgan fingerprint density at radius 3 is 2.02 bits per heavy atom. The van der Waals surface area contributed by atoms with Crippen molar-refractivity contribution < 1.29 is 47.2 Å². The molecule has 21 heteroatoms. The minimum Gasteiger partial charge on any atom is -0.383 e. The van der Waals surface area contributed by atoms with Crippen LogP contribution in [-0.4, -0.2) is 74.1 Å². The summed E-state index contributed by atoms with van der Waals surface area (Å²) in [4.78, 5) is 61.9. The molecule has 220 valence electrons. The van der Waals surface area contributed by atoms with E-state index < -0.39 is 33.7 Å². The summed E-state index contributed by atoms with van der Waals surface area (Å²) in [5.74, 6) is 0.416. The van der Waals surface area contributed by atoms with Crippen molar-refractivity contribution in [3.05, 3.63) is 35.4 Å². The molecule has 0 saturated carbocycles. The highest BCUT2D eigenvalue weighted by molar-refractivity contribution is 7.46. The van der Waals surface area contributed by atoms with Gasteiger partial charge in [-0.15, -0.1) is 0 Å². The number of phosphoric ester groups is 2. The second-order valence-corrected chi connectivity index (χ2v) is 11.3. The SMILES string of the molecule is Nc1ccn(C2CCC(COP(=O)(O)O)O2)c(=O)n1.Nc1ncnc2c1ncn2[C@H]1CC[C@@H](COP(=O)(O)O)O1. The molecule has 40 heavy (non-hydrogen) atoms. The van der Waals surface area contributed by atoms with E-state index in [1.54, 1.807) is 10.9 Å². The lowest BCUT2D eigenvalue weighted by molar-refractivity contribution is -0.0242. The van der Waals surface area contributed by atoms with Gasteiger partial charge in [0.15, 0.2) is 11.5 Å². The Labute approximate surface area is 225 Å². The largest absolute Gasteiger partial charge is 0.469 e. The molecule has 5 heterocycles. The predicted octanol–water partition coefficient (Wildman–Crippen LogP) is -0.192. The van der Waals surface area contributed by atoms with Gasteiger partial charge in [0, 0.05) is 6.20 Å². The van der Waals surface area contributed by atoms with Gasteiger partial charge in [0.05, 0.1) is 31.7 Å². The third-order valence-corrected chi connectivity index (χ3v) is 6.86. The van der Waals surface area contributed by atoms with Gasteiger partial charge in [0.1, 0.15) is 30.1 Å². The van der Waals surface area contributed by atoms with E-state index >= 15 is 0 Å². The molecule has 2 aliphatic rings. The van der Waals surface area contributed by atoms with Crippen LogP contribution in [0.1, 0.15) is 38.1 Å². The molecule has 8 N–H and O–H groups in total. The van der Waals surface area contributed by atoms with E-state index in [2.05, 4.69) is 29.0 Å². The number of ether oxygens (including phenoxy) is 2. The number of fused-ring (bicyclic) bond motifs is 1. The number of anilines is 2. The van der Waals surface area contributed by atoms with Gasteiger partial charge in [-0.3, -0.25) is 18.2 Å². The number of hydrogen-bond acceptors (Lipinski definition) is 13. The van der Waals surface area contributed by atoms with Crippen LogP contribution in [0.4, 0.5) is 11.6 Å². The van der Waals surface area contributed by atoms with Gasteiger partial charge >= 0.3 is 21.3 Å². The van der Waals surface area contributed by atoms with Crippen molar-refractivity contribution >= 4 is 38.4 Å². The summed E-state index contributed by atoms with van der Waals surface area (Å²) in [6, 6.07) is 1.48. The quantitative estimate of drug-likeness (QED) is 0.181. The number of aromatic nitrogens is 6. The number of nitrogen functional groups attached to an aromatic ring is 2. The maximum atomic E-state index is 11.6. The van der Waals surface area contributed by atoms with Crippen LogP contribution in [0, 0.1) is 0 Å². The van der Waals surface area contributed by atoms with Crippen molar-refractivity contribution in [1.29, 1.82) is 0 Å². The molecule has 0 bridgehead atoms. The summed E-state index contributed by atoms with van der Waals surface area (Å²) in [6.07, 6.45) is 5.01. The van der Waals surface area contributed by atoms with E-state index in [0.717, 1.165) is 0 Å². The summed E-state index contributed by atoms with van der Waals surface area (Å²) < 4.78 is 44.3. The van der Waals surface area contributed by atoms with E-state index in [4.69, 9.17) is 40.5 Å². The van der Waals surface area contributed by atoms with E-state index in [0.29, 0.717) is 36.8 Å². The van der Waals surface area contributed by atoms with Gasteiger partial charge < -0.3 is 40.5 Å².